The lowest BCUT2D eigenvalue weighted by Crippen LogP contribution is -2.51. The van der Waals surface area contributed by atoms with Crippen molar-refractivity contribution < 1.29 is 9.63 Å². The summed E-state index contributed by atoms with van der Waals surface area (Å²) < 4.78 is 0. The van der Waals surface area contributed by atoms with E-state index in [0.29, 0.717) is 5.82 Å². The summed E-state index contributed by atoms with van der Waals surface area (Å²) in [5.41, 5.74) is 7.73. The fourth-order valence-electron chi connectivity index (χ4n) is 3.75. The van der Waals surface area contributed by atoms with E-state index in [-0.39, 0.29) is 35.8 Å². The average Bonchev–Trinajstić information content (AvgIpc) is 2.69. The van der Waals surface area contributed by atoms with Crippen LogP contribution in [0.25, 0.3) is 10.9 Å². The highest BCUT2D eigenvalue weighted by Gasteiger charge is 2.27. The van der Waals surface area contributed by atoms with Crippen LogP contribution in [-0.4, -0.2) is 47.1 Å². The predicted octanol–water partition coefficient (Wildman–Crippen LogP) is 2.27. The molecule has 0 bridgehead atoms. The van der Waals surface area contributed by atoms with E-state index in [9.17, 15) is 4.79 Å². The van der Waals surface area contributed by atoms with Crippen molar-refractivity contribution in [1.29, 1.82) is 0 Å². The normalized spacial score (nSPS) is 19.6. The Morgan fingerprint density at radius 1 is 1.23 bits per heavy atom. The highest BCUT2D eigenvalue weighted by Crippen LogP contribution is 2.27. The molecule has 2 atom stereocenters. The fraction of sp³-hybridized carbons (Fsp3) is 0.524. The second kappa shape index (κ2) is 9.60. The molecule has 0 spiro atoms. The van der Waals surface area contributed by atoms with Gasteiger partial charge in [0.25, 0.3) is 5.91 Å². The van der Waals surface area contributed by atoms with Crippen LogP contribution in [0.1, 0.15) is 55.7 Å². The Balaban J connectivity index is 1.95. The second-order valence-electron chi connectivity index (χ2n) is 7.99. The van der Waals surface area contributed by atoms with E-state index >= 15 is 0 Å². The summed E-state index contributed by atoms with van der Waals surface area (Å²) in [4.78, 5) is 26.4. The van der Waals surface area contributed by atoms with Crippen molar-refractivity contribution >= 4 is 28.6 Å². The van der Waals surface area contributed by atoms with Crippen LogP contribution in [0, 0.1) is 6.92 Å². The van der Waals surface area contributed by atoms with E-state index in [2.05, 4.69) is 31.1 Å². The Morgan fingerprint density at radius 3 is 2.67 bits per heavy atom. The number of aromatic nitrogens is 2. The molecule has 1 amide bonds. The zero-order valence-electron chi connectivity index (χ0n) is 18.0. The van der Waals surface area contributed by atoms with Gasteiger partial charge in [0, 0.05) is 23.5 Å². The van der Waals surface area contributed by atoms with E-state index in [0.717, 1.165) is 42.1 Å². The Bertz CT molecular complexity index is 929. The molecule has 5 N–H and O–H groups in total. The monoisotopic (exact) mass is 413 g/mol. The van der Waals surface area contributed by atoms with Gasteiger partial charge in [0.1, 0.15) is 12.9 Å². The number of nitrogens with two attached hydrogens (primary N) is 1. The van der Waals surface area contributed by atoms with Gasteiger partial charge in [-0.15, -0.1) is 0 Å². The van der Waals surface area contributed by atoms with Crippen molar-refractivity contribution in [3.63, 3.8) is 0 Å². The number of carbonyl (C=O) groups is 1. The lowest BCUT2D eigenvalue weighted by molar-refractivity contribution is 0.0933. The zero-order valence-corrected chi connectivity index (χ0v) is 18.0. The Hall–Kier alpha value is -3.10. The summed E-state index contributed by atoms with van der Waals surface area (Å²) in [5.74, 6) is 0.767. The van der Waals surface area contributed by atoms with Gasteiger partial charge >= 0.3 is 0 Å². The molecule has 0 unspecified atom stereocenters. The topological polar surface area (TPSA) is 127 Å². The van der Waals surface area contributed by atoms with Crippen molar-refractivity contribution in [2.45, 2.75) is 64.6 Å². The van der Waals surface area contributed by atoms with Gasteiger partial charge in [-0.25, -0.2) is 9.97 Å². The first-order chi connectivity index (χ1) is 14.4. The Labute approximate surface area is 176 Å². The molecule has 0 radical (unpaired) electrons. The first-order valence-electron chi connectivity index (χ1n) is 10.4. The van der Waals surface area contributed by atoms with E-state index in [1.54, 1.807) is 0 Å². The summed E-state index contributed by atoms with van der Waals surface area (Å²) in [6, 6.07) is 6.08. The summed E-state index contributed by atoms with van der Waals surface area (Å²) in [5, 5.41) is 14.3. The van der Waals surface area contributed by atoms with Crippen LogP contribution in [0.5, 0.6) is 0 Å². The Kier molecular flexibility index (Phi) is 6.91. The highest BCUT2D eigenvalue weighted by atomic mass is 16.6. The van der Waals surface area contributed by atoms with E-state index < -0.39 is 0 Å². The van der Waals surface area contributed by atoms with Crippen molar-refractivity contribution in [3.05, 3.63) is 29.6 Å². The Morgan fingerprint density at radius 2 is 1.97 bits per heavy atom. The molecule has 9 nitrogen and oxygen atoms in total. The summed E-state index contributed by atoms with van der Waals surface area (Å²) in [6.07, 6.45) is 4.09. The van der Waals surface area contributed by atoms with Crippen LogP contribution in [0.4, 0.5) is 5.82 Å². The quantitative estimate of drug-likeness (QED) is 0.325. The molecule has 3 rings (SSSR count). The molecule has 1 aliphatic rings. The molecule has 1 heterocycles. The number of nitrogens with zero attached hydrogens (tertiary/aromatic N) is 3. The number of amides is 1. The maximum absolute atomic E-state index is 12.6. The molecule has 30 heavy (non-hydrogen) atoms. The van der Waals surface area contributed by atoms with Gasteiger partial charge < -0.3 is 26.5 Å². The van der Waals surface area contributed by atoms with Crippen molar-refractivity contribution in [3.8, 4) is 0 Å². The lowest BCUT2D eigenvalue weighted by atomic mass is 9.90. The van der Waals surface area contributed by atoms with Gasteiger partial charge in [0.05, 0.1) is 5.52 Å². The molecule has 0 saturated heterocycles. The zero-order chi connectivity index (χ0) is 21.7. The van der Waals surface area contributed by atoms with Gasteiger partial charge in [-0.2, -0.15) is 0 Å². The van der Waals surface area contributed by atoms with E-state index in [1.807, 2.05) is 39.0 Å². The number of oxime groups is 1. The van der Waals surface area contributed by atoms with Gasteiger partial charge in [0.2, 0.25) is 11.8 Å². The minimum atomic E-state index is -0.287. The van der Waals surface area contributed by atoms with Crippen LogP contribution < -0.4 is 21.7 Å². The minimum Gasteiger partial charge on any atom is -0.396 e. The number of hydrogen-bond acceptors (Lipinski definition) is 6. The molecule has 1 saturated carbocycles. The average molecular weight is 414 g/mol. The standard InChI is InChI=1S/C21H31N7O2/c1-12(2)23-20(29)19-24-15-10-9-13(3)11-14(15)18(27-19)25-16-7-5-6-8-17(16)26-21(22)28-30-4/h9-12,16-17H,5-8H2,1-4H3,(H,23,29)(H3,22,26,28)(H,24,25,27)/t16-,17+/m0/s1. The predicted molar refractivity (Wildman–Crippen MR) is 118 cm³/mol. The number of hydrogen-bond donors (Lipinski definition) is 4. The minimum absolute atomic E-state index is 0.00111. The third kappa shape index (κ3) is 5.28. The number of carbonyl (C=O) groups excluding carboxylic acids is 1. The third-order valence-corrected chi connectivity index (χ3v) is 5.09. The van der Waals surface area contributed by atoms with E-state index in [4.69, 9.17) is 10.6 Å². The van der Waals surface area contributed by atoms with Gasteiger partial charge in [-0.05, 0) is 50.9 Å². The largest absolute Gasteiger partial charge is 0.396 e. The molecule has 1 fully saturated rings. The molecule has 1 aromatic heterocycles. The molecule has 2 aromatic rings. The van der Waals surface area contributed by atoms with Crippen molar-refractivity contribution in [1.82, 2.24) is 20.6 Å². The van der Waals surface area contributed by atoms with Crippen LogP contribution in [0.15, 0.2) is 23.4 Å². The second-order valence-corrected chi connectivity index (χ2v) is 7.99. The van der Waals surface area contributed by atoms with Crippen LogP contribution in [-0.2, 0) is 4.84 Å². The van der Waals surface area contributed by atoms with Crippen LogP contribution >= 0.6 is 0 Å². The van der Waals surface area contributed by atoms with Gasteiger partial charge in [-0.3, -0.25) is 4.79 Å². The third-order valence-electron chi connectivity index (χ3n) is 5.09. The number of fused-ring (bicyclic) bond motifs is 1. The van der Waals surface area contributed by atoms with Crippen molar-refractivity contribution in [2.75, 3.05) is 12.4 Å². The van der Waals surface area contributed by atoms with Gasteiger partial charge in [-0.1, -0.05) is 24.5 Å². The summed E-state index contributed by atoms with van der Waals surface area (Å²) in [7, 11) is 1.46. The summed E-state index contributed by atoms with van der Waals surface area (Å²) in [6.45, 7) is 5.84. The first kappa shape index (κ1) is 21.6. The number of nitrogens with one attached hydrogen (secondary N) is 3. The maximum Gasteiger partial charge on any atom is 0.289 e. The van der Waals surface area contributed by atoms with Gasteiger partial charge in [0.15, 0.2) is 0 Å². The SMILES string of the molecule is CO/N=C(/N)N[C@@H]1CCCC[C@@H]1Nc1nc(C(=O)NC(C)C)nc2ccc(C)cc12. The van der Waals surface area contributed by atoms with Crippen molar-refractivity contribution in [2.24, 2.45) is 10.9 Å². The first-order valence-corrected chi connectivity index (χ1v) is 10.4. The molecule has 9 heteroatoms. The van der Waals surface area contributed by atoms with E-state index in [1.165, 1.54) is 7.11 Å². The molecule has 1 aromatic carbocycles. The highest BCUT2D eigenvalue weighted by molar-refractivity contribution is 5.96. The molecule has 0 aliphatic heterocycles. The number of rotatable bonds is 6. The smallest absolute Gasteiger partial charge is 0.289 e. The summed E-state index contributed by atoms with van der Waals surface area (Å²) >= 11 is 0. The fourth-order valence-corrected chi connectivity index (χ4v) is 3.75. The molecule has 162 valence electrons. The molecular weight excluding hydrogens is 382 g/mol. The molecular formula is C21H31N7O2. The number of guanidine groups is 1. The maximum atomic E-state index is 12.6. The molecule has 1 aliphatic carbocycles. The number of benzene rings is 1. The van der Waals surface area contributed by atoms with Crippen LogP contribution in [0.2, 0.25) is 0 Å². The lowest BCUT2D eigenvalue weighted by Gasteiger charge is -2.33. The number of aryl methyl sites for hydroxylation is 1. The van der Waals surface area contributed by atoms with Crippen LogP contribution in [0.3, 0.4) is 0 Å². The number of anilines is 1.